The van der Waals surface area contributed by atoms with Gasteiger partial charge >= 0.3 is 0 Å². The van der Waals surface area contributed by atoms with E-state index in [9.17, 15) is 4.79 Å². The third-order valence-corrected chi connectivity index (χ3v) is 3.84. The van der Waals surface area contributed by atoms with Crippen LogP contribution >= 0.6 is 0 Å². The van der Waals surface area contributed by atoms with E-state index in [1.165, 1.54) is 17.5 Å². The summed E-state index contributed by atoms with van der Waals surface area (Å²) in [5, 5.41) is 6.40. The number of amides is 1. The second kappa shape index (κ2) is 6.89. The summed E-state index contributed by atoms with van der Waals surface area (Å²) in [5.41, 5.74) is 2.61. The van der Waals surface area contributed by atoms with Gasteiger partial charge in [0, 0.05) is 12.1 Å². The molecular formula is C17H26N2O. The molecule has 2 unspecified atom stereocenters. The topological polar surface area (TPSA) is 41.1 Å². The molecule has 110 valence electrons. The van der Waals surface area contributed by atoms with E-state index >= 15 is 0 Å². The summed E-state index contributed by atoms with van der Waals surface area (Å²) in [6.07, 6.45) is 4.56. The van der Waals surface area contributed by atoms with Gasteiger partial charge in [0.25, 0.3) is 0 Å². The quantitative estimate of drug-likeness (QED) is 0.802. The van der Waals surface area contributed by atoms with Crippen LogP contribution in [0.2, 0.25) is 0 Å². The first-order chi connectivity index (χ1) is 9.60. The minimum absolute atomic E-state index is 0.113. The number of hydrogen-bond donors (Lipinski definition) is 2. The molecule has 2 atom stereocenters. The van der Waals surface area contributed by atoms with E-state index in [4.69, 9.17) is 0 Å². The lowest BCUT2D eigenvalue weighted by molar-refractivity contribution is -0.123. The molecule has 1 fully saturated rings. The normalized spacial score (nSPS) is 17.6. The smallest absolute Gasteiger partial charge is 0.237 e. The van der Waals surface area contributed by atoms with E-state index in [1.54, 1.807) is 0 Å². The number of carbonyl (C=O) groups excluding carboxylic acids is 1. The predicted octanol–water partition coefficient (Wildman–Crippen LogP) is 2.96. The molecule has 3 heteroatoms. The SMILES string of the molecule is CCCc1ccc(C(C)NC(C)C(=O)NC2CC2)cc1. The Balaban J connectivity index is 1.86. The largest absolute Gasteiger partial charge is 0.352 e. The first kappa shape index (κ1) is 15.0. The van der Waals surface area contributed by atoms with Crippen molar-refractivity contribution in [1.29, 1.82) is 0 Å². The summed E-state index contributed by atoms with van der Waals surface area (Å²) in [5.74, 6) is 0.113. The van der Waals surface area contributed by atoms with Crippen LogP contribution in [0, 0.1) is 0 Å². The lowest BCUT2D eigenvalue weighted by Gasteiger charge is -2.20. The van der Waals surface area contributed by atoms with Crippen LogP contribution in [0.1, 0.15) is 57.2 Å². The van der Waals surface area contributed by atoms with Gasteiger partial charge in [0.05, 0.1) is 6.04 Å². The molecule has 0 aromatic heterocycles. The Labute approximate surface area is 122 Å². The van der Waals surface area contributed by atoms with Gasteiger partial charge in [-0.3, -0.25) is 10.1 Å². The molecule has 1 aliphatic carbocycles. The molecule has 0 heterocycles. The molecule has 1 saturated carbocycles. The van der Waals surface area contributed by atoms with Gasteiger partial charge in [-0.2, -0.15) is 0 Å². The van der Waals surface area contributed by atoms with Crippen molar-refractivity contribution in [1.82, 2.24) is 10.6 Å². The Hall–Kier alpha value is -1.35. The van der Waals surface area contributed by atoms with Crippen molar-refractivity contribution in [3.8, 4) is 0 Å². The average molecular weight is 274 g/mol. The molecule has 0 aliphatic heterocycles. The van der Waals surface area contributed by atoms with Gasteiger partial charge in [0.2, 0.25) is 5.91 Å². The van der Waals surface area contributed by atoms with Crippen molar-refractivity contribution in [2.75, 3.05) is 0 Å². The second-order valence-electron chi connectivity index (χ2n) is 5.88. The molecular weight excluding hydrogens is 248 g/mol. The molecule has 1 aliphatic rings. The van der Waals surface area contributed by atoms with E-state index in [0.717, 1.165) is 19.3 Å². The Morgan fingerprint density at radius 2 is 1.90 bits per heavy atom. The molecule has 2 rings (SSSR count). The highest BCUT2D eigenvalue weighted by atomic mass is 16.2. The second-order valence-corrected chi connectivity index (χ2v) is 5.88. The number of rotatable bonds is 7. The van der Waals surface area contributed by atoms with E-state index in [1.807, 2.05) is 6.92 Å². The van der Waals surface area contributed by atoms with E-state index in [2.05, 4.69) is 48.7 Å². The van der Waals surface area contributed by atoms with E-state index in [0.29, 0.717) is 6.04 Å². The third-order valence-electron chi connectivity index (χ3n) is 3.84. The maximum absolute atomic E-state index is 11.9. The van der Waals surface area contributed by atoms with Gasteiger partial charge in [0.1, 0.15) is 0 Å². The molecule has 20 heavy (non-hydrogen) atoms. The van der Waals surface area contributed by atoms with Gasteiger partial charge in [-0.05, 0) is 44.2 Å². The fraction of sp³-hybridized carbons (Fsp3) is 0.588. The summed E-state index contributed by atoms with van der Waals surface area (Å²) in [6.45, 7) is 6.23. The van der Waals surface area contributed by atoms with Crippen molar-refractivity contribution >= 4 is 5.91 Å². The lowest BCUT2D eigenvalue weighted by Crippen LogP contribution is -2.43. The zero-order valence-corrected chi connectivity index (χ0v) is 12.8. The van der Waals surface area contributed by atoms with Crippen molar-refractivity contribution in [2.45, 2.75) is 64.6 Å². The maximum Gasteiger partial charge on any atom is 0.237 e. The maximum atomic E-state index is 11.9. The number of hydrogen-bond acceptors (Lipinski definition) is 2. The minimum Gasteiger partial charge on any atom is -0.352 e. The Morgan fingerprint density at radius 3 is 2.45 bits per heavy atom. The zero-order chi connectivity index (χ0) is 14.5. The fourth-order valence-electron chi connectivity index (χ4n) is 2.36. The minimum atomic E-state index is -0.152. The van der Waals surface area contributed by atoms with Gasteiger partial charge < -0.3 is 5.32 Å². The monoisotopic (exact) mass is 274 g/mol. The van der Waals surface area contributed by atoms with Gasteiger partial charge in [-0.25, -0.2) is 0 Å². The predicted molar refractivity (Wildman–Crippen MR) is 82.6 cm³/mol. The molecule has 1 aromatic rings. The molecule has 0 radical (unpaired) electrons. The van der Waals surface area contributed by atoms with Crippen LogP contribution in [0.25, 0.3) is 0 Å². The van der Waals surface area contributed by atoms with E-state index in [-0.39, 0.29) is 18.0 Å². The summed E-state index contributed by atoms with van der Waals surface area (Å²) < 4.78 is 0. The van der Waals surface area contributed by atoms with Crippen molar-refractivity contribution < 1.29 is 4.79 Å². The first-order valence-corrected chi connectivity index (χ1v) is 7.75. The van der Waals surface area contributed by atoms with Crippen LogP contribution < -0.4 is 10.6 Å². The number of aryl methyl sites for hydroxylation is 1. The van der Waals surface area contributed by atoms with Crippen LogP contribution in [0.3, 0.4) is 0 Å². The Kier molecular flexibility index (Phi) is 5.18. The summed E-state index contributed by atoms with van der Waals surface area (Å²) >= 11 is 0. The summed E-state index contributed by atoms with van der Waals surface area (Å²) in [6, 6.07) is 9.15. The average Bonchev–Trinajstić information content (AvgIpc) is 3.23. The highest BCUT2D eigenvalue weighted by molar-refractivity contribution is 5.81. The number of benzene rings is 1. The molecule has 3 nitrogen and oxygen atoms in total. The molecule has 0 bridgehead atoms. The van der Waals surface area contributed by atoms with Crippen LogP contribution in [0.15, 0.2) is 24.3 Å². The van der Waals surface area contributed by atoms with Crippen LogP contribution in [-0.4, -0.2) is 18.0 Å². The lowest BCUT2D eigenvalue weighted by atomic mass is 10.0. The summed E-state index contributed by atoms with van der Waals surface area (Å²) in [7, 11) is 0. The van der Waals surface area contributed by atoms with Crippen molar-refractivity contribution in [3.05, 3.63) is 35.4 Å². The highest BCUT2D eigenvalue weighted by Gasteiger charge is 2.26. The third kappa shape index (κ3) is 4.34. The molecule has 1 aromatic carbocycles. The van der Waals surface area contributed by atoms with Crippen molar-refractivity contribution in [2.24, 2.45) is 0 Å². The zero-order valence-electron chi connectivity index (χ0n) is 12.8. The number of nitrogens with one attached hydrogen (secondary N) is 2. The fourth-order valence-corrected chi connectivity index (χ4v) is 2.36. The summed E-state index contributed by atoms with van der Waals surface area (Å²) in [4.78, 5) is 11.9. The van der Waals surface area contributed by atoms with Crippen LogP contribution in [0.4, 0.5) is 0 Å². The molecule has 0 spiro atoms. The van der Waals surface area contributed by atoms with Crippen molar-refractivity contribution in [3.63, 3.8) is 0 Å². The number of carbonyl (C=O) groups is 1. The van der Waals surface area contributed by atoms with Crippen LogP contribution in [-0.2, 0) is 11.2 Å². The Morgan fingerprint density at radius 1 is 1.25 bits per heavy atom. The van der Waals surface area contributed by atoms with Crippen LogP contribution in [0.5, 0.6) is 0 Å². The molecule has 0 saturated heterocycles. The van der Waals surface area contributed by atoms with E-state index < -0.39 is 0 Å². The standard InChI is InChI=1S/C17H26N2O/c1-4-5-14-6-8-15(9-7-14)12(2)18-13(3)17(20)19-16-10-11-16/h6-9,12-13,16,18H,4-5,10-11H2,1-3H3,(H,19,20). The van der Waals surface area contributed by atoms with Gasteiger partial charge in [-0.15, -0.1) is 0 Å². The van der Waals surface area contributed by atoms with Gasteiger partial charge in [-0.1, -0.05) is 37.6 Å². The Bertz CT molecular complexity index is 437. The highest BCUT2D eigenvalue weighted by Crippen LogP contribution is 2.19. The first-order valence-electron chi connectivity index (χ1n) is 7.75. The van der Waals surface area contributed by atoms with Gasteiger partial charge in [0.15, 0.2) is 0 Å². The molecule has 2 N–H and O–H groups in total. The molecule has 1 amide bonds.